The number of likely N-dealkylation sites (tertiary alicyclic amines) is 1. The molecule has 0 spiro atoms. The summed E-state index contributed by atoms with van der Waals surface area (Å²) < 4.78 is 14.8. The smallest absolute Gasteiger partial charge is 0.319 e. The van der Waals surface area contributed by atoms with Gasteiger partial charge in [-0.15, -0.1) is 5.10 Å². The Morgan fingerprint density at radius 2 is 2.06 bits per heavy atom. The lowest BCUT2D eigenvalue weighted by molar-refractivity contribution is 0.114. The minimum atomic E-state index is -0.286. The third-order valence-corrected chi connectivity index (χ3v) is 6.43. The Labute approximate surface area is 204 Å². The van der Waals surface area contributed by atoms with E-state index >= 15 is 0 Å². The van der Waals surface area contributed by atoms with Crippen molar-refractivity contribution < 1.29 is 9.18 Å². The van der Waals surface area contributed by atoms with Crippen LogP contribution in [-0.4, -0.2) is 56.4 Å². The summed E-state index contributed by atoms with van der Waals surface area (Å²) in [6.45, 7) is 3.81. The second kappa shape index (κ2) is 11.4. The van der Waals surface area contributed by atoms with Crippen LogP contribution in [0.3, 0.4) is 0 Å². The molecule has 1 aromatic heterocycles. The fourth-order valence-electron chi connectivity index (χ4n) is 4.69. The number of rotatable bonds is 8. The monoisotopic (exact) mass is 480 g/mol. The average Bonchev–Trinajstić information content (AvgIpc) is 3.26. The van der Waals surface area contributed by atoms with E-state index in [4.69, 9.17) is 5.73 Å². The molecule has 186 valence electrons. The number of benzene rings is 2. The van der Waals surface area contributed by atoms with Crippen molar-refractivity contribution in [1.29, 1.82) is 0 Å². The molecular formula is C25H33FN8O. The molecule has 3 atom stereocenters. The van der Waals surface area contributed by atoms with Crippen LogP contribution >= 0.6 is 0 Å². The third kappa shape index (κ3) is 6.83. The molecule has 2 aromatic carbocycles. The van der Waals surface area contributed by atoms with Crippen LogP contribution in [0.15, 0.2) is 48.5 Å². The second-order valence-electron chi connectivity index (χ2n) is 9.34. The van der Waals surface area contributed by atoms with Gasteiger partial charge in [-0.1, -0.05) is 24.3 Å². The lowest BCUT2D eigenvalue weighted by Crippen LogP contribution is -2.51. The van der Waals surface area contributed by atoms with Crippen LogP contribution in [0.25, 0.3) is 11.4 Å². The Bertz CT molecular complexity index is 1120. The number of nitrogens with zero attached hydrogens (tertiary/aromatic N) is 5. The van der Waals surface area contributed by atoms with Gasteiger partial charge in [-0.2, -0.15) is 0 Å². The molecule has 1 fully saturated rings. The maximum atomic E-state index is 13.2. The first kappa shape index (κ1) is 24.7. The summed E-state index contributed by atoms with van der Waals surface area (Å²) in [6, 6.07) is 13.7. The van der Waals surface area contributed by atoms with E-state index in [0.717, 1.165) is 43.5 Å². The highest BCUT2D eigenvalue weighted by Crippen LogP contribution is 2.23. The highest BCUT2D eigenvalue weighted by Gasteiger charge is 2.25. The predicted octanol–water partition coefficient (Wildman–Crippen LogP) is 3.16. The van der Waals surface area contributed by atoms with Crippen LogP contribution in [0.5, 0.6) is 0 Å². The van der Waals surface area contributed by atoms with Crippen molar-refractivity contribution in [3.05, 3.63) is 59.9 Å². The number of nitrogens with two attached hydrogens (primary N) is 1. The summed E-state index contributed by atoms with van der Waals surface area (Å²) >= 11 is 0. The van der Waals surface area contributed by atoms with Gasteiger partial charge in [0.25, 0.3) is 0 Å². The number of aryl methyl sites for hydroxylation is 1. The summed E-state index contributed by atoms with van der Waals surface area (Å²) in [4.78, 5) is 14.9. The van der Waals surface area contributed by atoms with E-state index in [1.165, 1.54) is 12.1 Å². The molecule has 3 aromatic rings. The molecule has 0 unspecified atom stereocenters. The molecule has 0 saturated carbocycles. The number of halogens is 1. The minimum absolute atomic E-state index is 0.103. The van der Waals surface area contributed by atoms with E-state index in [1.807, 2.05) is 43.3 Å². The molecule has 4 rings (SSSR count). The van der Waals surface area contributed by atoms with Gasteiger partial charge in [0, 0.05) is 30.9 Å². The summed E-state index contributed by atoms with van der Waals surface area (Å²) in [5.74, 6) is 0.901. The first-order valence-corrected chi connectivity index (χ1v) is 12.0. The topological polar surface area (TPSA) is 114 Å². The molecule has 1 saturated heterocycles. The number of carbonyl (C=O) groups excluding carboxylic acids is 1. The highest BCUT2D eigenvalue weighted by molar-refractivity contribution is 5.90. The van der Waals surface area contributed by atoms with Gasteiger partial charge in [0.15, 0.2) is 5.82 Å². The SMILES string of the molecule is C[C@H](C[C@@H](N)N1CCC[C@@H](Cc2ccc(F)cc2)C1)NC(=O)Nc1cccc(-c2nnnn2C)c1. The number of hydrogen-bond acceptors (Lipinski definition) is 6. The molecule has 0 radical (unpaired) electrons. The zero-order chi connectivity index (χ0) is 24.8. The van der Waals surface area contributed by atoms with Crippen LogP contribution in [0.1, 0.15) is 31.7 Å². The number of anilines is 1. The van der Waals surface area contributed by atoms with Crippen molar-refractivity contribution >= 4 is 11.7 Å². The Morgan fingerprint density at radius 3 is 2.80 bits per heavy atom. The summed E-state index contributed by atoms with van der Waals surface area (Å²) in [5.41, 5.74) is 9.14. The lowest BCUT2D eigenvalue weighted by Gasteiger charge is -2.37. The fraction of sp³-hybridized carbons (Fsp3) is 0.440. The Hall–Kier alpha value is -3.37. The highest BCUT2D eigenvalue weighted by atomic mass is 19.1. The molecule has 1 aliphatic heterocycles. The first-order chi connectivity index (χ1) is 16.9. The van der Waals surface area contributed by atoms with Crippen molar-refractivity contribution in [2.45, 2.75) is 44.8 Å². The molecule has 10 heteroatoms. The minimum Gasteiger partial charge on any atom is -0.335 e. The van der Waals surface area contributed by atoms with E-state index in [1.54, 1.807) is 11.7 Å². The summed E-state index contributed by atoms with van der Waals surface area (Å²) in [5, 5.41) is 17.4. The molecule has 0 bridgehead atoms. The number of nitrogens with one attached hydrogen (secondary N) is 2. The van der Waals surface area contributed by atoms with E-state index in [0.29, 0.717) is 23.9 Å². The van der Waals surface area contributed by atoms with E-state index in [9.17, 15) is 9.18 Å². The normalized spacial score (nSPS) is 18.1. The fourth-order valence-corrected chi connectivity index (χ4v) is 4.69. The quantitative estimate of drug-likeness (QED) is 0.456. The third-order valence-electron chi connectivity index (χ3n) is 6.43. The van der Waals surface area contributed by atoms with Crippen LogP contribution < -0.4 is 16.4 Å². The van der Waals surface area contributed by atoms with Gasteiger partial charge in [0.2, 0.25) is 0 Å². The standard InChI is InChI=1S/C25H33FN8O/c1-17(28-25(35)29-22-7-3-6-20(15-22)24-30-31-32-33(24)2)13-23(27)34-12-4-5-19(16-34)14-18-8-10-21(26)11-9-18/h3,6-11,15,17,19,23H,4-5,12-14,16,27H2,1-2H3,(H2,28,29,35)/t17-,19+,23+/m1/s1. The van der Waals surface area contributed by atoms with Crippen molar-refractivity contribution in [2.75, 3.05) is 18.4 Å². The zero-order valence-corrected chi connectivity index (χ0v) is 20.2. The van der Waals surface area contributed by atoms with Gasteiger partial charge in [-0.05, 0) is 85.3 Å². The average molecular weight is 481 g/mol. The van der Waals surface area contributed by atoms with Crippen LogP contribution in [0, 0.1) is 11.7 Å². The lowest BCUT2D eigenvalue weighted by atomic mass is 9.90. The number of carbonyl (C=O) groups is 1. The largest absolute Gasteiger partial charge is 0.335 e. The molecule has 35 heavy (non-hydrogen) atoms. The Morgan fingerprint density at radius 1 is 1.26 bits per heavy atom. The molecule has 4 N–H and O–H groups in total. The number of aromatic nitrogens is 4. The summed E-state index contributed by atoms with van der Waals surface area (Å²) in [7, 11) is 1.76. The molecule has 2 heterocycles. The van der Waals surface area contributed by atoms with Crippen molar-refractivity contribution in [2.24, 2.45) is 18.7 Å². The van der Waals surface area contributed by atoms with E-state index in [2.05, 4.69) is 31.1 Å². The van der Waals surface area contributed by atoms with Gasteiger partial charge in [-0.3, -0.25) is 4.90 Å². The van der Waals surface area contributed by atoms with Gasteiger partial charge in [0.05, 0.1) is 6.17 Å². The van der Waals surface area contributed by atoms with Crippen LogP contribution in [0.4, 0.5) is 14.9 Å². The van der Waals surface area contributed by atoms with Gasteiger partial charge < -0.3 is 16.4 Å². The van der Waals surface area contributed by atoms with Crippen molar-refractivity contribution in [3.8, 4) is 11.4 Å². The number of hydrogen-bond donors (Lipinski definition) is 3. The van der Waals surface area contributed by atoms with Crippen LogP contribution in [-0.2, 0) is 13.5 Å². The molecule has 0 aliphatic carbocycles. The van der Waals surface area contributed by atoms with Crippen molar-refractivity contribution in [3.63, 3.8) is 0 Å². The predicted molar refractivity (Wildman–Crippen MR) is 133 cm³/mol. The molecule has 1 aliphatic rings. The maximum Gasteiger partial charge on any atom is 0.319 e. The van der Waals surface area contributed by atoms with E-state index in [-0.39, 0.29) is 24.1 Å². The molecule has 2 amide bonds. The van der Waals surface area contributed by atoms with Crippen molar-refractivity contribution in [1.82, 2.24) is 30.4 Å². The molecule has 9 nitrogen and oxygen atoms in total. The Balaban J connectivity index is 1.25. The number of piperidine rings is 1. The van der Waals surface area contributed by atoms with Gasteiger partial charge in [-0.25, -0.2) is 13.9 Å². The zero-order valence-electron chi connectivity index (χ0n) is 20.2. The second-order valence-corrected chi connectivity index (χ2v) is 9.34. The summed E-state index contributed by atoms with van der Waals surface area (Å²) in [6.07, 6.45) is 3.64. The van der Waals surface area contributed by atoms with Gasteiger partial charge in [0.1, 0.15) is 5.82 Å². The van der Waals surface area contributed by atoms with Gasteiger partial charge >= 0.3 is 6.03 Å². The first-order valence-electron chi connectivity index (χ1n) is 12.0. The number of urea groups is 1. The van der Waals surface area contributed by atoms with Crippen LogP contribution in [0.2, 0.25) is 0 Å². The Kier molecular flexibility index (Phi) is 8.04. The molecular weight excluding hydrogens is 447 g/mol. The number of tetrazole rings is 1. The number of amides is 2. The van der Waals surface area contributed by atoms with E-state index < -0.39 is 0 Å². The maximum absolute atomic E-state index is 13.2.